The van der Waals surface area contributed by atoms with Crippen LogP contribution < -0.4 is 5.32 Å². The van der Waals surface area contributed by atoms with E-state index in [4.69, 9.17) is 10.2 Å². The van der Waals surface area contributed by atoms with Crippen LogP contribution in [0.5, 0.6) is 0 Å². The van der Waals surface area contributed by atoms with Crippen molar-refractivity contribution in [1.29, 1.82) is 0 Å². The summed E-state index contributed by atoms with van der Waals surface area (Å²) < 4.78 is 79.1. The minimum atomic E-state index is -5.99. The zero-order chi connectivity index (χ0) is 20.0. The topological polar surface area (TPSA) is 127 Å². The molecule has 144 valence electrons. The van der Waals surface area contributed by atoms with E-state index in [9.17, 15) is 46.1 Å². The van der Waals surface area contributed by atoms with Gasteiger partial charge < -0.3 is 20.4 Å². The molecule has 25 heavy (non-hydrogen) atoms. The summed E-state index contributed by atoms with van der Waals surface area (Å²) >= 11 is 0. The number of carboxylic acids is 2. The quantitative estimate of drug-likeness (QED) is 0.358. The lowest BCUT2D eigenvalue weighted by Gasteiger charge is -2.53. The van der Waals surface area contributed by atoms with Crippen molar-refractivity contribution in [2.75, 3.05) is 0 Å². The predicted molar refractivity (Wildman–Crippen MR) is 65.7 cm³/mol. The number of alkyl halides is 6. The molecule has 0 radical (unpaired) electrons. The molecule has 1 aliphatic rings. The highest BCUT2D eigenvalue weighted by molar-refractivity contribution is 5.77. The first-order valence-electron chi connectivity index (χ1n) is 6.48. The van der Waals surface area contributed by atoms with Gasteiger partial charge in [-0.05, 0) is 12.3 Å². The molecular formula is C12H13F6NO6. The molecule has 0 aromatic heterocycles. The first-order valence-corrected chi connectivity index (χ1v) is 6.48. The fourth-order valence-corrected chi connectivity index (χ4v) is 2.94. The molecule has 0 aromatic carbocycles. The monoisotopic (exact) mass is 381 g/mol. The molecule has 1 fully saturated rings. The second-order valence-corrected chi connectivity index (χ2v) is 5.47. The number of carbonyl (C=O) groups is 2. The molecular weight excluding hydrogens is 368 g/mol. The van der Waals surface area contributed by atoms with Crippen LogP contribution in [0.25, 0.3) is 0 Å². The molecule has 0 amide bonds. The Morgan fingerprint density at radius 2 is 1.28 bits per heavy atom. The minimum Gasteiger partial charge on any atom is -0.481 e. The lowest BCUT2D eigenvalue weighted by molar-refractivity contribution is -0.381. The van der Waals surface area contributed by atoms with E-state index in [1.807, 2.05) is 0 Å². The number of aliphatic hydroxyl groups is 2. The Bertz CT molecular complexity index is 533. The van der Waals surface area contributed by atoms with Gasteiger partial charge in [-0.25, -0.2) is 5.32 Å². The van der Waals surface area contributed by atoms with Crippen molar-refractivity contribution in [1.82, 2.24) is 5.32 Å². The first kappa shape index (κ1) is 21.2. The van der Waals surface area contributed by atoms with Gasteiger partial charge in [0.2, 0.25) is 11.4 Å². The SMILES string of the molecule is C=CCC1C(C(=O)O)C(O)(C(F)(F)F)NC(O)(C(F)(F)F)C1C(=O)O. The van der Waals surface area contributed by atoms with Gasteiger partial charge in [-0.2, -0.15) is 26.3 Å². The molecule has 1 rings (SSSR count). The third kappa shape index (κ3) is 3.18. The summed E-state index contributed by atoms with van der Waals surface area (Å²) in [6, 6.07) is 0. The average Bonchev–Trinajstić information content (AvgIpc) is 2.34. The summed E-state index contributed by atoms with van der Waals surface area (Å²) in [5.74, 6) is -13.4. The maximum Gasteiger partial charge on any atom is 0.431 e. The number of allylic oxidation sites excluding steroid dienone is 1. The predicted octanol–water partition coefficient (Wildman–Crippen LogP) is 0.685. The van der Waals surface area contributed by atoms with Gasteiger partial charge in [0.1, 0.15) is 11.8 Å². The summed E-state index contributed by atoms with van der Waals surface area (Å²) in [4.78, 5) is 22.5. The summed E-state index contributed by atoms with van der Waals surface area (Å²) in [5.41, 5.74) is -9.49. The first-order chi connectivity index (χ1) is 11.0. The maximum absolute atomic E-state index is 13.2. The Labute approximate surface area is 135 Å². The Morgan fingerprint density at radius 1 is 0.960 bits per heavy atom. The molecule has 0 bridgehead atoms. The van der Waals surface area contributed by atoms with E-state index in [1.165, 1.54) is 0 Å². The Balaban J connectivity index is 3.80. The van der Waals surface area contributed by atoms with Gasteiger partial charge >= 0.3 is 24.3 Å². The van der Waals surface area contributed by atoms with E-state index in [0.717, 1.165) is 0 Å². The summed E-state index contributed by atoms with van der Waals surface area (Å²) in [7, 11) is 0. The summed E-state index contributed by atoms with van der Waals surface area (Å²) in [5, 5.41) is 37.9. The van der Waals surface area contributed by atoms with Crippen LogP contribution in [0.15, 0.2) is 12.7 Å². The number of aliphatic carboxylic acids is 2. The van der Waals surface area contributed by atoms with Gasteiger partial charge in [0.25, 0.3) is 0 Å². The standard InChI is InChI=1S/C12H13F6NO6/c1-2-3-4-5(7(20)21)9(24,11(13,14)15)19-10(25,12(16,17)18)6(4)8(22)23/h2,4-6,19,24-25H,1,3H2,(H,20,21)(H,22,23). The van der Waals surface area contributed by atoms with E-state index >= 15 is 0 Å². The molecule has 1 heterocycles. The van der Waals surface area contributed by atoms with Crippen LogP contribution in [0.4, 0.5) is 26.3 Å². The van der Waals surface area contributed by atoms with Crippen LogP contribution in [0.3, 0.4) is 0 Å². The van der Waals surface area contributed by atoms with E-state index in [1.54, 1.807) is 0 Å². The van der Waals surface area contributed by atoms with Crippen molar-refractivity contribution in [3.8, 4) is 0 Å². The van der Waals surface area contributed by atoms with Gasteiger partial charge in [0.05, 0.1) is 0 Å². The van der Waals surface area contributed by atoms with Gasteiger partial charge in [-0.3, -0.25) is 9.59 Å². The number of hydrogen-bond acceptors (Lipinski definition) is 5. The molecule has 7 nitrogen and oxygen atoms in total. The highest BCUT2D eigenvalue weighted by atomic mass is 19.4. The van der Waals surface area contributed by atoms with E-state index in [-0.39, 0.29) is 0 Å². The third-order valence-electron chi connectivity index (χ3n) is 3.97. The average molecular weight is 381 g/mol. The fourth-order valence-electron chi connectivity index (χ4n) is 2.94. The second kappa shape index (κ2) is 6.14. The van der Waals surface area contributed by atoms with Gasteiger partial charge in [-0.15, -0.1) is 6.58 Å². The molecule has 13 heteroatoms. The van der Waals surface area contributed by atoms with Crippen molar-refractivity contribution in [3.05, 3.63) is 12.7 Å². The van der Waals surface area contributed by atoms with E-state index in [0.29, 0.717) is 11.4 Å². The van der Waals surface area contributed by atoms with Crippen LogP contribution in [0.2, 0.25) is 0 Å². The molecule has 1 aliphatic heterocycles. The molecule has 1 saturated heterocycles. The number of carboxylic acid groups (broad SMARTS) is 2. The Morgan fingerprint density at radius 3 is 1.48 bits per heavy atom. The van der Waals surface area contributed by atoms with Crippen LogP contribution in [0, 0.1) is 17.8 Å². The largest absolute Gasteiger partial charge is 0.481 e. The van der Waals surface area contributed by atoms with Crippen LogP contribution in [0.1, 0.15) is 6.42 Å². The zero-order valence-electron chi connectivity index (χ0n) is 12.1. The van der Waals surface area contributed by atoms with Gasteiger partial charge in [0, 0.05) is 0 Å². The van der Waals surface area contributed by atoms with E-state index < -0.39 is 59.9 Å². The number of halogens is 6. The lowest BCUT2D eigenvalue weighted by atomic mass is 9.65. The highest BCUT2D eigenvalue weighted by Crippen LogP contribution is 2.52. The summed E-state index contributed by atoms with van der Waals surface area (Å²) in [6.07, 6.45) is -12.3. The van der Waals surface area contributed by atoms with Crippen LogP contribution in [-0.2, 0) is 9.59 Å². The lowest BCUT2D eigenvalue weighted by Crippen LogP contribution is -2.82. The van der Waals surface area contributed by atoms with Crippen molar-refractivity contribution in [3.63, 3.8) is 0 Å². The number of nitrogens with one attached hydrogen (secondary N) is 1. The number of rotatable bonds is 4. The fraction of sp³-hybridized carbons (Fsp3) is 0.667. The maximum atomic E-state index is 13.2. The van der Waals surface area contributed by atoms with Gasteiger partial charge in [-0.1, -0.05) is 6.08 Å². The highest BCUT2D eigenvalue weighted by Gasteiger charge is 2.77. The number of piperidine rings is 1. The molecule has 0 saturated carbocycles. The smallest absolute Gasteiger partial charge is 0.431 e. The Kier molecular flexibility index (Phi) is 5.20. The van der Waals surface area contributed by atoms with E-state index in [2.05, 4.69) is 6.58 Å². The van der Waals surface area contributed by atoms with Crippen molar-refractivity contribution in [2.45, 2.75) is 30.2 Å². The minimum absolute atomic E-state index is 0.403. The zero-order valence-corrected chi connectivity index (χ0v) is 12.1. The number of hydrogen-bond donors (Lipinski definition) is 5. The molecule has 4 atom stereocenters. The second-order valence-electron chi connectivity index (χ2n) is 5.47. The molecule has 0 spiro atoms. The molecule has 0 aromatic rings. The third-order valence-corrected chi connectivity index (χ3v) is 3.97. The van der Waals surface area contributed by atoms with Gasteiger partial charge in [0.15, 0.2) is 0 Å². The molecule has 0 aliphatic carbocycles. The normalized spacial score (nSPS) is 36.7. The summed E-state index contributed by atoms with van der Waals surface area (Å²) in [6.45, 7) is 3.03. The van der Waals surface area contributed by atoms with Crippen molar-refractivity contribution in [2.24, 2.45) is 17.8 Å². The molecule has 4 unspecified atom stereocenters. The van der Waals surface area contributed by atoms with Crippen molar-refractivity contribution < 1.29 is 56.4 Å². The molecule has 5 N–H and O–H groups in total. The van der Waals surface area contributed by atoms with Crippen LogP contribution >= 0.6 is 0 Å². The Hall–Kier alpha value is -1.86. The van der Waals surface area contributed by atoms with Crippen LogP contribution in [-0.4, -0.2) is 56.2 Å². The van der Waals surface area contributed by atoms with Crippen molar-refractivity contribution >= 4 is 11.9 Å².